The number of hydrogen-bond donors (Lipinski definition) is 6. The van der Waals surface area contributed by atoms with Gasteiger partial charge in [-0.3, -0.25) is 24.9 Å². The van der Waals surface area contributed by atoms with Crippen LogP contribution in [-0.4, -0.2) is 52.4 Å². The second-order valence-electron chi connectivity index (χ2n) is 9.52. The number of aromatic carboxylic acids is 1. The summed E-state index contributed by atoms with van der Waals surface area (Å²) in [7, 11) is 0. The van der Waals surface area contributed by atoms with Crippen molar-refractivity contribution in [1.82, 2.24) is 19.7 Å². The zero-order valence-corrected chi connectivity index (χ0v) is 24.9. The van der Waals surface area contributed by atoms with Crippen LogP contribution in [0.15, 0.2) is 69.3 Å². The minimum absolute atomic E-state index is 0. The van der Waals surface area contributed by atoms with E-state index in [1.54, 1.807) is 38.1 Å². The summed E-state index contributed by atoms with van der Waals surface area (Å²) < 4.78 is 1.12. The van der Waals surface area contributed by atoms with E-state index < -0.39 is 17.1 Å². The number of hydrogen-bond acceptors (Lipinski definition) is 9. The molecule has 15 heteroatoms. The Labute approximate surface area is 264 Å². The standard InChI is InChI=1S/C30H21N6O6.H2O2.V/c1-15-20(26(37)31-24-22(15)28(39)35(33-24)18-7-4-3-5-8-18)9-6-10-21-16(2)23-25(32-27(21)38)34-36(29(23)40)19-13-11-17(12-14-19)30(41)42;1-2;/h4-14H,1-2H3,(H,41,42)(H,31,33,37)(H2,32,34,38);1-2H;/q-1;;/b10-6+,20-9-;;. The molecule has 1 radical (unpaired) electrons. The molecule has 0 unspecified atom stereocenters. The van der Waals surface area contributed by atoms with Crippen molar-refractivity contribution in [3.8, 4) is 23.0 Å². The Kier molecular flexibility index (Phi) is 9.35. The molecular formula is C30H23N6O8V-. The first kappa shape index (κ1) is 32.4. The normalized spacial score (nSPS) is 12.5. The first-order chi connectivity index (χ1) is 21.2. The first-order valence-corrected chi connectivity index (χ1v) is 12.8. The van der Waals surface area contributed by atoms with E-state index in [0.29, 0.717) is 28.1 Å². The van der Waals surface area contributed by atoms with Crippen molar-refractivity contribution in [1.29, 1.82) is 0 Å². The summed E-state index contributed by atoms with van der Waals surface area (Å²) in [5.41, 5.74) is 1.90. The molecule has 1 amide bonds. The van der Waals surface area contributed by atoms with Crippen LogP contribution in [0.4, 0.5) is 5.69 Å². The number of benzene rings is 2. The summed E-state index contributed by atoms with van der Waals surface area (Å²) in [4.78, 5) is 55.8. The van der Waals surface area contributed by atoms with E-state index in [4.69, 9.17) is 15.6 Å². The third-order valence-electron chi connectivity index (χ3n) is 7.04. The van der Waals surface area contributed by atoms with Crippen molar-refractivity contribution in [2.75, 3.05) is 5.01 Å². The number of carbonyl (C=O) groups is 2. The quantitative estimate of drug-likeness (QED) is 0.0933. The Bertz CT molecular complexity index is 2170. The molecule has 227 valence electrons. The van der Waals surface area contributed by atoms with Crippen molar-refractivity contribution in [3.63, 3.8) is 0 Å². The summed E-state index contributed by atoms with van der Waals surface area (Å²) in [6.45, 7) is 3.31. The van der Waals surface area contributed by atoms with E-state index in [1.165, 1.54) is 47.5 Å². The van der Waals surface area contributed by atoms with Crippen LogP contribution in [0.3, 0.4) is 0 Å². The maximum atomic E-state index is 13.2. The molecule has 3 aromatic rings. The maximum Gasteiger partial charge on any atom is 0.335 e. The fourth-order valence-electron chi connectivity index (χ4n) is 4.89. The van der Waals surface area contributed by atoms with Gasteiger partial charge in [-0.15, -0.1) is 22.3 Å². The number of H-pyrrole nitrogens is 2. The van der Waals surface area contributed by atoms with Gasteiger partial charge in [0.05, 0.1) is 22.4 Å². The summed E-state index contributed by atoms with van der Waals surface area (Å²) in [6.07, 6.45) is 4.58. The Morgan fingerprint density at radius 3 is 2.24 bits per heavy atom. The van der Waals surface area contributed by atoms with Crippen LogP contribution in [0.2, 0.25) is 0 Å². The number of nitrogens with one attached hydrogen (secondary N) is 2. The van der Waals surface area contributed by atoms with Gasteiger partial charge in [0.2, 0.25) is 0 Å². The zero-order valence-electron chi connectivity index (χ0n) is 23.5. The monoisotopic (exact) mass is 646 g/mol. The van der Waals surface area contributed by atoms with Gasteiger partial charge in [0.15, 0.2) is 17.2 Å². The second-order valence-corrected chi connectivity index (χ2v) is 9.52. The molecule has 3 aliphatic heterocycles. The number of aromatic amines is 2. The third kappa shape index (κ3) is 5.73. The average molecular weight is 646 g/mol. The van der Waals surface area contributed by atoms with Gasteiger partial charge in [-0.2, -0.15) is 22.9 Å². The van der Waals surface area contributed by atoms with Gasteiger partial charge in [0.25, 0.3) is 17.0 Å². The number of aromatic nitrogens is 4. The van der Waals surface area contributed by atoms with E-state index in [2.05, 4.69) is 26.2 Å². The minimum Gasteiger partial charge on any atom is -0.494 e. The van der Waals surface area contributed by atoms with Crippen LogP contribution in [0.5, 0.6) is 5.88 Å². The van der Waals surface area contributed by atoms with Crippen LogP contribution in [0.25, 0.3) is 29.2 Å². The van der Waals surface area contributed by atoms with Gasteiger partial charge in [-0.25, -0.2) is 9.80 Å². The van der Waals surface area contributed by atoms with Crippen LogP contribution >= 0.6 is 0 Å². The Morgan fingerprint density at radius 1 is 0.933 bits per heavy atom. The number of anilines is 1. The van der Waals surface area contributed by atoms with E-state index in [1.807, 2.05) is 0 Å². The molecule has 0 atom stereocenters. The van der Waals surface area contributed by atoms with E-state index in [-0.39, 0.29) is 63.6 Å². The van der Waals surface area contributed by atoms with Gasteiger partial charge >= 0.3 is 5.97 Å². The maximum absolute atomic E-state index is 13.2. The molecule has 0 saturated heterocycles. The van der Waals surface area contributed by atoms with Crippen molar-refractivity contribution < 1.29 is 48.9 Å². The number of amides is 1. The molecule has 4 heterocycles. The molecule has 0 bridgehead atoms. The number of rotatable bonds is 5. The molecular weight excluding hydrogens is 623 g/mol. The van der Waals surface area contributed by atoms with Gasteiger partial charge in [0.1, 0.15) is 0 Å². The zero-order chi connectivity index (χ0) is 31.7. The Balaban J connectivity index is 0.00000151. The first-order valence-electron chi connectivity index (χ1n) is 12.8. The minimum atomic E-state index is -1.09. The van der Waals surface area contributed by atoms with Gasteiger partial charge in [-0.1, -0.05) is 6.08 Å². The number of nitrogens with zero attached hydrogens (tertiary/aromatic N) is 4. The number of allylic oxidation sites excluding steroid dienone is 1. The molecule has 6 rings (SSSR count). The molecule has 0 spiro atoms. The molecule has 0 aliphatic carbocycles. The number of carboxylic acids is 1. The van der Waals surface area contributed by atoms with Crippen molar-refractivity contribution in [3.05, 3.63) is 120 Å². The van der Waals surface area contributed by atoms with Crippen LogP contribution in [0.1, 0.15) is 37.4 Å². The third-order valence-corrected chi connectivity index (χ3v) is 7.04. The number of pyridine rings is 2. The molecule has 14 nitrogen and oxygen atoms in total. The van der Waals surface area contributed by atoms with Crippen molar-refractivity contribution in [2.24, 2.45) is 5.10 Å². The van der Waals surface area contributed by atoms with Crippen LogP contribution < -0.4 is 26.8 Å². The van der Waals surface area contributed by atoms with Gasteiger partial charge in [-0.05, 0) is 67.1 Å². The largest absolute Gasteiger partial charge is 0.494 e. The van der Waals surface area contributed by atoms with Gasteiger partial charge in [0, 0.05) is 29.3 Å². The van der Waals surface area contributed by atoms with E-state index >= 15 is 0 Å². The summed E-state index contributed by atoms with van der Waals surface area (Å²) >= 11 is 0. The van der Waals surface area contributed by atoms with Crippen LogP contribution in [0, 0.1) is 19.9 Å². The summed E-state index contributed by atoms with van der Waals surface area (Å²) in [6, 6.07) is 15.2. The predicted octanol–water partition coefficient (Wildman–Crippen LogP) is 1.88. The molecule has 3 aliphatic rings. The van der Waals surface area contributed by atoms with Crippen molar-refractivity contribution in [2.45, 2.75) is 13.8 Å². The molecule has 0 fully saturated rings. The topological polar surface area (TPSA) is 214 Å². The second kappa shape index (κ2) is 13.0. The Morgan fingerprint density at radius 2 is 1.60 bits per heavy atom. The summed E-state index contributed by atoms with van der Waals surface area (Å²) in [5, 5.41) is 41.8. The van der Waals surface area contributed by atoms with Crippen molar-refractivity contribution >= 4 is 29.7 Å². The predicted molar refractivity (Wildman–Crippen MR) is 158 cm³/mol. The summed E-state index contributed by atoms with van der Waals surface area (Å²) in [5.74, 6) is -1.58. The fraction of sp³-hybridized carbons (Fsp3) is 0.0667. The fourth-order valence-corrected chi connectivity index (χ4v) is 4.89. The number of carboxylic acid groups (broad SMARTS) is 1. The molecule has 6 N–H and O–H groups in total. The van der Waals surface area contributed by atoms with E-state index in [0.717, 1.165) is 4.68 Å². The smallest absolute Gasteiger partial charge is 0.335 e. The Hall–Kier alpha value is -5.54. The number of fused-ring (bicyclic) bond motifs is 2. The molecule has 2 aromatic carbocycles. The molecule has 0 saturated carbocycles. The van der Waals surface area contributed by atoms with Crippen LogP contribution in [-0.2, 0) is 18.6 Å². The number of aromatic hydroxyl groups is 1. The molecule has 1 aromatic heterocycles. The SMILES string of the molecule is Cc1c(/C=C/C=c2/c(C)c3c([nH]c2=O)=NN(c2cc[c-]cc2)C3=O)c(O)[nH]c2nn(-c3ccc(C(=O)O)cc3)c(=O)c1-2.OO.[V]. The van der Waals surface area contributed by atoms with Gasteiger partial charge < -0.3 is 20.2 Å². The van der Waals surface area contributed by atoms with E-state index in [9.17, 15) is 24.3 Å². The average Bonchev–Trinajstić information content (AvgIpc) is 3.53. The number of carbonyl (C=O) groups excluding carboxylic acids is 1. The molecule has 45 heavy (non-hydrogen) atoms.